The van der Waals surface area contributed by atoms with Crippen molar-refractivity contribution in [3.8, 4) is 0 Å². The molecule has 1 aromatic rings. The second-order valence-electron chi connectivity index (χ2n) is 4.73. The van der Waals surface area contributed by atoms with E-state index in [-0.39, 0.29) is 18.0 Å². The van der Waals surface area contributed by atoms with E-state index in [1.54, 1.807) is 0 Å². The molecule has 0 aliphatic rings. The van der Waals surface area contributed by atoms with Gasteiger partial charge in [0.2, 0.25) is 11.0 Å². The van der Waals surface area contributed by atoms with Crippen LogP contribution >= 0.6 is 23.1 Å². The zero-order valence-corrected chi connectivity index (χ0v) is 14.5. The van der Waals surface area contributed by atoms with Crippen molar-refractivity contribution in [2.24, 2.45) is 0 Å². The Bertz CT molecular complexity index is 414. The highest BCUT2D eigenvalue weighted by Crippen LogP contribution is 2.26. The van der Waals surface area contributed by atoms with Crippen LogP contribution < -0.4 is 5.32 Å². The van der Waals surface area contributed by atoms with E-state index in [4.69, 9.17) is 0 Å². The lowest BCUT2D eigenvalue weighted by molar-refractivity contribution is -0.132. The van der Waals surface area contributed by atoms with E-state index in [1.807, 2.05) is 11.9 Å². The SMILES string of the molecule is CC[C@H](C)N(C(=O)CSc1nnc(NC)s1)[C@@H](C)CC. The smallest absolute Gasteiger partial charge is 0.233 e. The van der Waals surface area contributed by atoms with Crippen molar-refractivity contribution in [3.05, 3.63) is 0 Å². The quantitative estimate of drug-likeness (QED) is 0.747. The fraction of sp³-hybridized carbons (Fsp3) is 0.769. The summed E-state index contributed by atoms with van der Waals surface area (Å²) in [5.41, 5.74) is 0. The molecule has 20 heavy (non-hydrogen) atoms. The Morgan fingerprint density at radius 3 is 2.35 bits per heavy atom. The maximum absolute atomic E-state index is 12.4. The number of aromatic nitrogens is 2. The topological polar surface area (TPSA) is 58.1 Å². The number of amides is 1. The zero-order chi connectivity index (χ0) is 15.1. The summed E-state index contributed by atoms with van der Waals surface area (Å²) in [4.78, 5) is 14.4. The van der Waals surface area contributed by atoms with Crippen LogP contribution in [0.2, 0.25) is 0 Å². The summed E-state index contributed by atoms with van der Waals surface area (Å²) in [7, 11) is 1.81. The maximum Gasteiger partial charge on any atom is 0.233 e. The monoisotopic (exact) mass is 316 g/mol. The normalized spacial score (nSPS) is 13.8. The number of anilines is 1. The van der Waals surface area contributed by atoms with Gasteiger partial charge in [-0.15, -0.1) is 10.2 Å². The molecule has 1 aromatic heterocycles. The average molecular weight is 316 g/mol. The number of rotatable bonds is 8. The van der Waals surface area contributed by atoms with Crippen LogP contribution in [0.3, 0.4) is 0 Å². The molecule has 2 atom stereocenters. The molecule has 0 saturated heterocycles. The Kier molecular flexibility index (Phi) is 7.29. The van der Waals surface area contributed by atoms with Crippen molar-refractivity contribution < 1.29 is 4.79 Å². The van der Waals surface area contributed by atoms with Gasteiger partial charge in [0.05, 0.1) is 5.75 Å². The molecular formula is C13H24N4OS2. The molecule has 1 N–H and O–H groups in total. The standard InChI is InChI=1S/C13H24N4OS2/c1-6-9(3)17(10(4)7-2)11(18)8-19-13-16-15-12(14-5)20-13/h9-10H,6-8H2,1-5H3,(H,14,15)/t9-,10-/m0/s1. The van der Waals surface area contributed by atoms with Crippen LogP contribution in [0.4, 0.5) is 5.13 Å². The molecule has 1 rings (SSSR count). The molecule has 0 fully saturated rings. The Morgan fingerprint density at radius 1 is 1.30 bits per heavy atom. The zero-order valence-electron chi connectivity index (χ0n) is 12.8. The van der Waals surface area contributed by atoms with Crippen LogP contribution in [0.5, 0.6) is 0 Å². The minimum Gasteiger partial charge on any atom is -0.363 e. The summed E-state index contributed by atoms with van der Waals surface area (Å²) < 4.78 is 0.830. The van der Waals surface area contributed by atoms with E-state index in [9.17, 15) is 4.79 Å². The number of carbonyl (C=O) groups excluding carboxylic acids is 1. The van der Waals surface area contributed by atoms with Crippen molar-refractivity contribution >= 4 is 34.1 Å². The van der Waals surface area contributed by atoms with Gasteiger partial charge in [0.15, 0.2) is 4.34 Å². The van der Waals surface area contributed by atoms with Gasteiger partial charge in [-0.25, -0.2) is 0 Å². The van der Waals surface area contributed by atoms with Crippen LogP contribution in [0, 0.1) is 0 Å². The molecule has 1 heterocycles. The molecule has 114 valence electrons. The first-order chi connectivity index (χ1) is 9.53. The summed E-state index contributed by atoms with van der Waals surface area (Å²) in [5.74, 6) is 0.604. The van der Waals surface area contributed by atoms with Crippen molar-refractivity contribution in [1.29, 1.82) is 0 Å². The van der Waals surface area contributed by atoms with Crippen LogP contribution in [0.1, 0.15) is 40.5 Å². The lowest BCUT2D eigenvalue weighted by Gasteiger charge is -2.33. The summed E-state index contributed by atoms with van der Waals surface area (Å²) in [5, 5.41) is 11.7. The van der Waals surface area contributed by atoms with Gasteiger partial charge in [-0.3, -0.25) is 4.79 Å². The highest BCUT2D eigenvalue weighted by Gasteiger charge is 2.23. The molecule has 0 spiro atoms. The highest BCUT2D eigenvalue weighted by molar-refractivity contribution is 8.01. The van der Waals surface area contributed by atoms with Gasteiger partial charge in [-0.2, -0.15) is 0 Å². The van der Waals surface area contributed by atoms with Crippen LogP contribution in [0.25, 0.3) is 0 Å². The van der Waals surface area contributed by atoms with Gasteiger partial charge in [0, 0.05) is 19.1 Å². The van der Waals surface area contributed by atoms with Crippen molar-refractivity contribution in [3.63, 3.8) is 0 Å². The third-order valence-corrected chi connectivity index (χ3v) is 5.42. The molecule has 1 amide bonds. The van der Waals surface area contributed by atoms with Gasteiger partial charge in [-0.1, -0.05) is 36.9 Å². The Balaban J connectivity index is 2.61. The van der Waals surface area contributed by atoms with Crippen LogP contribution in [-0.2, 0) is 4.79 Å². The highest BCUT2D eigenvalue weighted by atomic mass is 32.2. The second kappa shape index (κ2) is 8.46. The summed E-state index contributed by atoms with van der Waals surface area (Å²) in [6.07, 6.45) is 1.95. The third kappa shape index (κ3) is 4.63. The minimum atomic E-state index is 0.180. The molecule has 0 radical (unpaired) electrons. The van der Waals surface area contributed by atoms with Crippen molar-refractivity contribution in [2.75, 3.05) is 18.1 Å². The van der Waals surface area contributed by atoms with E-state index in [0.29, 0.717) is 5.75 Å². The fourth-order valence-corrected chi connectivity index (χ4v) is 3.46. The Hall–Kier alpha value is -0.820. The average Bonchev–Trinajstić information content (AvgIpc) is 2.92. The predicted molar refractivity (Wildman–Crippen MR) is 86.5 cm³/mol. The molecule has 5 nitrogen and oxygen atoms in total. The number of thioether (sulfide) groups is 1. The number of nitrogens with zero attached hydrogens (tertiary/aromatic N) is 3. The molecular weight excluding hydrogens is 292 g/mol. The largest absolute Gasteiger partial charge is 0.363 e. The molecule has 0 bridgehead atoms. The van der Waals surface area contributed by atoms with E-state index in [1.165, 1.54) is 23.1 Å². The summed E-state index contributed by atoms with van der Waals surface area (Å²) >= 11 is 2.94. The lowest BCUT2D eigenvalue weighted by Crippen LogP contribution is -2.45. The molecule has 7 heteroatoms. The van der Waals surface area contributed by atoms with E-state index < -0.39 is 0 Å². The van der Waals surface area contributed by atoms with Gasteiger partial charge < -0.3 is 10.2 Å². The van der Waals surface area contributed by atoms with Gasteiger partial charge in [0.1, 0.15) is 0 Å². The lowest BCUT2D eigenvalue weighted by atomic mass is 10.1. The first kappa shape index (κ1) is 17.2. The van der Waals surface area contributed by atoms with E-state index in [2.05, 4.69) is 43.2 Å². The first-order valence-electron chi connectivity index (χ1n) is 6.98. The molecule has 0 aromatic carbocycles. The number of nitrogens with one attached hydrogen (secondary N) is 1. The third-order valence-electron chi connectivity index (χ3n) is 3.36. The Morgan fingerprint density at radius 2 is 1.90 bits per heavy atom. The molecule has 0 aliphatic heterocycles. The van der Waals surface area contributed by atoms with Crippen molar-refractivity contribution in [2.45, 2.75) is 57.0 Å². The first-order valence-corrected chi connectivity index (χ1v) is 8.78. The van der Waals surface area contributed by atoms with Gasteiger partial charge in [-0.05, 0) is 26.7 Å². The molecule has 0 unspecified atom stereocenters. The van der Waals surface area contributed by atoms with Crippen LogP contribution in [-0.4, -0.2) is 45.9 Å². The minimum absolute atomic E-state index is 0.180. The summed E-state index contributed by atoms with van der Waals surface area (Å²) in [6.45, 7) is 8.45. The number of carbonyl (C=O) groups is 1. The van der Waals surface area contributed by atoms with E-state index in [0.717, 1.165) is 22.3 Å². The van der Waals surface area contributed by atoms with Gasteiger partial charge in [0.25, 0.3) is 0 Å². The summed E-state index contributed by atoms with van der Waals surface area (Å²) in [6, 6.07) is 0.556. The molecule has 0 saturated carbocycles. The second-order valence-corrected chi connectivity index (χ2v) is 6.93. The maximum atomic E-state index is 12.4. The van der Waals surface area contributed by atoms with E-state index >= 15 is 0 Å². The predicted octanol–water partition coefficient (Wildman–Crippen LogP) is 3.10. The van der Waals surface area contributed by atoms with Gasteiger partial charge >= 0.3 is 0 Å². The number of hydrogen-bond acceptors (Lipinski definition) is 6. The van der Waals surface area contributed by atoms with Crippen LogP contribution in [0.15, 0.2) is 4.34 Å². The number of hydrogen-bond donors (Lipinski definition) is 1. The van der Waals surface area contributed by atoms with Crippen molar-refractivity contribution in [1.82, 2.24) is 15.1 Å². The fourth-order valence-electron chi connectivity index (χ4n) is 1.89. The molecule has 0 aliphatic carbocycles. The Labute approximate surface area is 129 Å².